The number of aryl methyl sites for hydroxylation is 2. The average molecular weight is 417 g/mol. The second-order valence-corrected chi connectivity index (χ2v) is 8.00. The summed E-state index contributed by atoms with van der Waals surface area (Å²) in [6.07, 6.45) is 0.681. The summed E-state index contributed by atoms with van der Waals surface area (Å²) >= 11 is 1.28. The molecule has 1 aromatic heterocycles. The number of ether oxygens (including phenoxy) is 1. The molecule has 0 radical (unpaired) electrons. The van der Waals surface area contributed by atoms with Crippen molar-refractivity contribution in [3.8, 4) is 0 Å². The van der Waals surface area contributed by atoms with Crippen molar-refractivity contribution in [2.45, 2.75) is 47.1 Å². The average Bonchev–Trinajstić information content (AvgIpc) is 3.13. The maximum atomic E-state index is 12.7. The van der Waals surface area contributed by atoms with Gasteiger partial charge in [-0.1, -0.05) is 19.1 Å². The standard InChI is InChI=1S/C22H28N2O4S/c1-6-16(4)24(12-19(25)23-18-9-7-8-14(2)17(18)5)20(26)13-28-22(27)21-15(3)10-11-29-21/h7-11,16H,6,12-13H2,1-5H3,(H,23,25)/t16-/m0/s1. The largest absolute Gasteiger partial charge is 0.451 e. The van der Waals surface area contributed by atoms with Crippen LogP contribution in [0.4, 0.5) is 5.69 Å². The molecule has 0 aliphatic heterocycles. The molecular weight excluding hydrogens is 388 g/mol. The van der Waals surface area contributed by atoms with Gasteiger partial charge in [-0.2, -0.15) is 0 Å². The lowest BCUT2D eigenvalue weighted by Crippen LogP contribution is -2.45. The third kappa shape index (κ3) is 5.90. The third-order valence-electron chi connectivity index (χ3n) is 5.01. The molecular formula is C22H28N2O4S. The van der Waals surface area contributed by atoms with Gasteiger partial charge in [0.1, 0.15) is 11.4 Å². The maximum absolute atomic E-state index is 12.7. The number of nitrogens with zero attached hydrogens (tertiary/aromatic N) is 1. The van der Waals surface area contributed by atoms with E-state index in [0.29, 0.717) is 11.3 Å². The number of nitrogens with one attached hydrogen (secondary N) is 1. The van der Waals surface area contributed by atoms with Gasteiger partial charge in [0, 0.05) is 11.7 Å². The van der Waals surface area contributed by atoms with E-state index in [1.165, 1.54) is 16.2 Å². The number of benzene rings is 1. The van der Waals surface area contributed by atoms with Crippen LogP contribution in [-0.2, 0) is 14.3 Å². The van der Waals surface area contributed by atoms with Gasteiger partial charge in [0.05, 0.1) is 0 Å². The lowest BCUT2D eigenvalue weighted by atomic mass is 10.1. The normalized spacial score (nSPS) is 11.6. The fourth-order valence-corrected chi connectivity index (χ4v) is 3.62. The number of hydrogen-bond donors (Lipinski definition) is 1. The first-order valence-electron chi connectivity index (χ1n) is 9.61. The van der Waals surface area contributed by atoms with Gasteiger partial charge in [-0.3, -0.25) is 9.59 Å². The molecule has 0 saturated heterocycles. The lowest BCUT2D eigenvalue weighted by molar-refractivity contribution is -0.139. The SMILES string of the molecule is CC[C@H](C)N(CC(=O)Nc1cccc(C)c1C)C(=O)COC(=O)c1sccc1C. The number of hydrogen-bond acceptors (Lipinski definition) is 5. The molecule has 0 aliphatic carbocycles. The van der Waals surface area contributed by atoms with E-state index in [-0.39, 0.29) is 18.5 Å². The highest BCUT2D eigenvalue weighted by Crippen LogP contribution is 2.19. The molecule has 7 heteroatoms. The Morgan fingerprint density at radius 2 is 1.86 bits per heavy atom. The Kier molecular flexibility index (Phi) is 7.96. The van der Waals surface area contributed by atoms with E-state index in [2.05, 4.69) is 5.32 Å². The monoisotopic (exact) mass is 416 g/mol. The number of carbonyl (C=O) groups excluding carboxylic acids is 3. The first-order chi connectivity index (χ1) is 13.7. The molecule has 0 spiro atoms. The minimum Gasteiger partial charge on any atom is -0.451 e. The molecule has 1 heterocycles. The zero-order valence-electron chi connectivity index (χ0n) is 17.6. The third-order valence-corrected chi connectivity index (χ3v) is 6.01. The lowest BCUT2D eigenvalue weighted by Gasteiger charge is -2.28. The molecule has 156 valence electrons. The molecule has 2 rings (SSSR count). The van der Waals surface area contributed by atoms with Crippen LogP contribution in [0.1, 0.15) is 46.6 Å². The van der Waals surface area contributed by atoms with Crippen molar-refractivity contribution in [1.29, 1.82) is 0 Å². The van der Waals surface area contributed by atoms with Crippen LogP contribution in [0.3, 0.4) is 0 Å². The Balaban J connectivity index is 2.01. The van der Waals surface area contributed by atoms with E-state index in [1.807, 2.05) is 58.9 Å². The fraction of sp³-hybridized carbons (Fsp3) is 0.409. The van der Waals surface area contributed by atoms with Gasteiger partial charge in [-0.05, 0) is 68.3 Å². The zero-order valence-corrected chi connectivity index (χ0v) is 18.4. The molecule has 6 nitrogen and oxygen atoms in total. The van der Waals surface area contributed by atoms with E-state index in [0.717, 1.165) is 22.4 Å². The zero-order chi connectivity index (χ0) is 21.6. The van der Waals surface area contributed by atoms with Crippen molar-refractivity contribution in [2.75, 3.05) is 18.5 Å². The van der Waals surface area contributed by atoms with Crippen LogP contribution in [-0.4, -0.2) is 41.9 Å². The van der Waals surface area contributed by atoms with Crippen LogP contribution in [0.2, 0.25) is 0 Å². The van der Waals surface area contributed by atoms with Crippen LogP contribution in [0.25, 0.3) is 0 Å². The molecule has 2 amide bonds. The van der Waals surface area contributed by atoms with Gasteiger partial charge in [0.15, 0.2) is 6.61 Å². The van der Waals surface area contributed by atoms with Crippen LogP contribution in [0.5, 0.6) is 0 Å². The van der Waals surface area contributed by atoms with Crippen molar-refractivity contribution >= 4 is 34.8 Å². The summed E-state index contributed by atoms with van der Waals surface area (Å²) in [5.41, 5.74) is 3.61. The second kappa shape index (κ2) is 10.2. The van der Waals surface area contributed by atoms with Crippen molar-refractivity contribution < 1.29 is 19.1 Å². The highest BCUT2D eigenvalue weighted by molar-refractivity contribution is 7.12. The summed E-state index contributed by atoms with van der Waals surface area (Å²) in [5.74, 6) is -1.19. The predicted octanol–water partition coefficient (Wildman–Crippen LogP) is 4.10. The smallest absolute Gasteiger partial charge is 0.349 e. The predicted molar refractivity (Wildman–Crippen MR) is 115 cm³/mol. The summed E-state index contributed by atoms with van der Waals surface area (Å²) in [5, 5.41) is 4.67. The highest BCUT2D eigenvalue weighted by atomic mass is 32.1. The topological polar surface area (TPSA) is 75.7 Å². The summed E-state index contributed by atoms with van der Waals surface area (Å²) in [7, 11) is 0. The molecule has 1 aromatic carbocycles. The molecule has 1 N–H and O–H groups in total. The Morgan fingerprint density at radius 1 is 1.14 bits per heavy atom. The molecule has 2 aromatic rings. The number of esters is 1. The highest BCUT2D eigenvalue weighted by Gasteiger charge is 2.24. The molecule has 0 bridgehead atoms. The Hall–Kier alpha value is -2.67. The van der Waals surface area contributed by atoms with Crippen molar-refractivity contribution in [2.24, 2.45) is 0 Å². The molecule has 1 atom stereocenters. The molecule has 0 unspecified atom stereocenters. The minimum atomic E-state index is -0.519. The van der Waals surface area contributed by atoms with Gasteiger partial charge >= 0.3 is 5.97 Å². The van der Waals surface area contributed by atoms with Crippen molar-refractivity contribution in [3.05, 3.63) is 51.2 Å². The van der Waals surface area contributed by atoms with Crippen LogP contribution in [0.15, 0.2) is 29.6 Å². The number of amides is 2. The van der Waals surface area contributed by atoms with Crippen molar-refractivity contribution in [3.63, 3.8) is 0 Å². The first-order valence-corrected chi connectivity index (χ1v) is 10.5. The number of rotatable bonds is 8. The summed E-state index contributed by atoms with van der Waals surface area (Å²) in [4.78, 5) is 39.4. The van der Waals surface area contributed by atoms with Gasteiger partial charge < -0.3 is 15.0 Å². The summed E-state index contributed by atoms with van der Waals surface area (Å²) < 4.78 is 5.19. The second-order valence-electron chi connectivity index (χ2n) is 7.08. The molecule has 0 aliphatic rings. The Bertz CT molecular complexity index is 891. The van der Waals surface area contributed by atoms with E-state index < -0.39 is 18.5 Å². The van der Waals surface area contributed by atoms with Gasteiger partial charge in [0.25, 0.3) is 5.91 Å². The van der Waals surface area contributed by atoms with Crippen LogP contribution < -0.4 is 5.32 Å². The summed E-state index contributed by atoms with van der Waals surface area (Å²) in [6.45, 7) is 9.05. The fourth-order valence-electron chi connectivity index (χ4n) is 2.80. The number of thiophene rings is 1. The van der Waals surface area contributed by atoms with Gasteiger partial charge in [-0.25, -0.2) is 4.79 Å². The molecule has 0 fully saturated rings. The first kappa shape index (κ1) is 22.6. The maximum Gasteiger partial charge on any atom is 0.349 e. The van der Waals surface area contributed by atoms with Crippen molar-refractivity contribution in [1.82, 2.24) is 4.90 Å². The Labute approximate surface area is 175 Å². The Morgan fingerprint density at radius 3 is 2.48 bits per heavy atom. The van der Waals surface area contributed by atoms with Gasteiger partial charge in [-0.15, -0.1) is 11.3 Å². The number of anilines is 1. The van der Waals surface area contributed by atoms with Crippen LogP contribution in [0, 0.1) is 20.8 Å². The van der Waals surface area contributed by atoms with E-state index in [1.54, 1.807) is 5.38 Å². The van der Waals surface area contributed by atoms with E-state index >= 15 is 0 Å². The number of carbonyl (C=O) groups is 3. The van der Waals surface area contributed by atoms with Gasteiger partial charge in [0.2, 0.25) is 5.91 Å². The minimum absolute atomic E-state index is 0.100. The quantitative estimate of drug-likeness (QED) is 0.658. The van der Waals surface area contributed by atoms with E-state index in [9.17, 15) is 14.4 Å². The van der Waals surface area contributed by atoms with Crippen LogP contribution >= 0.6 is 11.3 Å². The molecule has 0 saturated carbocycles. The summed E-state index contributed by atoms with van der Waals surface area (Å²) in [6, 6.07) is 7.35. The molecule has 29 heavy (non-hydrogen) atoms. The van der Waals surface area contributed by atoms with E-state index in [4.69, 9.17) is 4.74 Å².